The fourth-order valence-corrected chi connectivity index (χ4v) is 5.22. The highest BCUT2D eigenvalue weighted by molar-refractivity contribution is 5.90. The monoisotopic (exact) mass is 501 g/mol. The van der Waals surface area contributed by atoms with E-state index in [0.29, 0.717) is 22.1 Å². The van der Waals surface area contributed by atoms with Gasteiger partial charge in [-0.1, -0.05) is 25.0 Å². The van der Waals surface area contributed by atoms with Crippen molar-refractivity contribution >= 4 is 22.3 Å². The molecule has 0 radical (unpaired) electrons. The Morgan fingerprint density at radius 2 is 1.70 bits per heavy atom. The number of nitrogens with one attached hydrogen (secondary N) is 1. The van der Waals surface area contributed by atoms with E-state index in [0.717, 1.165) is 37.8 Å². The standard InChI is InChI=1S/C29H29F2N5O/c30-25-16-21(15-20-7-9-33-29(37)26(20)25)24-17-23(27(31)34-28(24)32)19-3-5-22(6-4-19)36-13-11-35(12-14-36)10-8-18-1-2-18/h3-7,9,15-18H,1-2,8,10-14H2,(H2,32,34)(H,33,37). The predicted molar refractivity (Wildman–Crippen MR) is 144 cm³/mol. The fourth-order valence-electron chi connectivity index (χ4n) is 5.22. The van der Waals surface area contributed by atoms with Gasteiger partial charge >= 0.3 is 0 Å². The van der Waals surface area contributed by atoms with Crippen LogP contribution in [0.25, 0.3) is 33.0 Å². The summed E-state index contributed by atoms with van der Waals surface area (Å²) in [7, 11) is 0. The van der Waals surface area contributed by atoms with Gasteiger partial charge in [-0.2, -0.15) is 4.39 Å². The van der Waals surface area contributed by atoms with Crippen LogP contribution in [0.2, 0.25) is 0 Å². The van der Waals surface area contributed by atoms with Crippen LogP contribution in [0.3, 0.4) is 0 Å². The molecule has 0 bridgehead atoms. The van der Waals surface area contributed by atoms with E-state index in [1.165, 1.54) is 38.1 Å². The number of aromatic amines is 1. The van der Waals surface area contributed by atoms with Gasteiger partial charge in [-0.05, 0) is 71.8 Å². The van der Waals surface area contributed by atoms with E-state index in [4.69, 9.17) is 5.73 Å². The number of benzene rings is 2. The van der Waals surface area contributed by atoms with Gasteiger partial charge in [0.05, 0.1) is 5.39 Å². The largest absolute Gasteiger partial charge is 0.383 e. The van der Waals surface area contributed by atoms with Crippen molar-refractivity contribution in [2.75, 3.05) is 43.4 Å². The molecule has 2 aliphatic rings. The average molecular weight is 502 g/mol. The van der Waals surface area contributed by atoms with Crippen LogP contribution in [0.1, 0.15) is 19.3 Å². The number of halogens is 2. The van der Waals surface area contributed by atoms with Crippen LogP contribution in [0.5, 0.6) is 0 Å². The van der Waals surface area contributed by atoms with Gasteiger partial charge in [0.2, 0.25) is 5.95 Å². The van der Waals surface area contributed by atoms with Gasteiger partial charge in [0, 0.05) is 49.2 Å². The summed E-state index contributed by atoms with van der Waals surface area (Å²) in [5.41, 5.74) is 8.43. The number of nitrogen functional groups attached to an aromatic ring is 1. The first-order valence-corrected chi connectivity index (χ1v) is 12.8. The summed E-state index contributed by atoms with van der Waals surface area (Å²) >= 11 is 0. The lowest BCUT2D eigenvalue weighted by atomic mass is 9.98. The van der Waals surface area contributed by atoms with Crippen molar-refractivity contribution in [2.24, 2.45) is 5.92 Å². The Balaban J connectivity index is 1.24. The van der Waals surface area contributed by atoms with Gasteiger partial charge in [-0.3, -0.25) is 9.69 Å². The maximum absolute atomic E-state index is 14.9. The number of fused-ring (bicyclic) bond motifs is 1. The summed E-state index contributed by atoms with van der Waals surface area (Å²) < 4.78 is 29.7. The number of H-pyrrole nitrogens is 1. The van der Waals surface area contributed by atoms with Crippen molar-refractivity contribution in [2.45, 2.75) is 19.3 Å². The number of nitrogens with zero attached hydrogens (tertiary/aromatic N) is 3. The van der Waals surface area contributed by atoms with Crippen LogP contribution in [0, 0.1) is 17.7 Å². The molecule has 1 saturated carbocycles. The molecule has 0 amide bonds. The minimum absolute atomic E-state index is 0.0283. The number of piperazine rings is 1. The SMILES string of the molecule is Nc1nc(F)c(-c2ccc(N3CCN(CCC4CC4)CC3)cc2)cc1-c1cc(F)c2c(=O)[nH]ccc2c1. The highest BCUT2D eigenvalue weighted by atomic mass is 19.1. The number of hydrogen-bond donors (Lipinski definition) is 2. The second kappa shape index (κ2) is 9.59. The number of anilines is 2. The maximum atomic E-state index is 14.9. The van der Waals surface area contributed by atoms with Crippen molar-refractivity contribution in [1.82, 2.24) is 14.9 Å². The summed E-state index contributed by atoms with van der Waals surface area (Å²) in [5, 5.41) is 0.403. The summed E-state index contributed by atoms with van der Waals surface area (Å²) in [4.78, 5) is 23.3. The van der Waals surface area contributed by atoms with Crippen LogP contribution >= 0.6 is 0 Å². The smallest absolute Gasteiger partial charge is 0.258 e. The van der Waals surface area contributed by atoms with Crippen molar-refractivity contribution in [3.8, 4) is 22.3 Å². The van der Waals surface area contributed by atoms with E-state index in [1.807, 2.05) is 24.3 Å². The molecule has 1 aliphatic carbocycles. The first-order chi connectivity index (χ1) is 18.0. The molecule has 190 valence electrons. The van der Waals surface area contributed by atoms with Crippen LogP contribution in [-0.4, -0.2) is 47.6 Å². The average Bonchev–Trinajstić information content (AvgIpc) is 3.73. The minimum atomic E-state index is -0.684. The summed E-state index contributed by atoms with van der Waals surface area (Å²) in [6.07, 6.45) is 5.58. The molecule has 3 heterocycles. The van der Waals surface area contributed by atoms with Gasteiger partial charge in [0.15, 0.2) is 0 Å². The lowest BCUT2D eigenvalue weighted by Gasteiger charge is -2.36. The van der Waals surface area contributed by atoms with Gasteiger partial charge in [-0.25, -0.2) is 9.37 Å². The second-order valence-electron chi connectivity index (χ2n) is 10.1. The number of pyridine rings is 2. The van der Waals surface area contributed by atoms with Gasteiger partial charge < -0.3 is 15.6 Å². The molecule has 0 spiro atoms. The van der Waals surface area contributed by atoms with E-state index in [-0.39, 0.29) is 16.8 Å². The quantitative estimate of drug-likeness (QED) is 0.362. The minimum Gasteiger partial charge on any atom is -0.383 e. The zero-order valence-electron chi connectivity index (χ0n) is 20.5. The molecule has 3 N–H and O–H groups in total. The number of rotatable bonds is 6. The molecule has 6 nitrogen and oxygen atoms in total. The highest BCUT2D eigenvalue weighted by Gasteiger charge is 2.24. The van der Waals surface area contributed by atoms with Gasteiger partial charge in [-0.15, -0.1) is 0 Å². The molecule has 4 aromatic rings. The Morgan fingerprint density at radius 3 is 2.43 bits per heavy atom. The summed E-state index contributed by atoms with van der Waals surface area (Å²) in [5.74, 6) is -0.437. The molecular weight excluding hydrogens is 472 g/mol. The van der Waals surface area contributed by atoms with Gasteiger partial charge in [0.25, 0.3) is 5.56 Å². The van der Waals surface area contributed by atoms with Crippen molar-refractivity contribution in [3.05, 3.63) is 76.8 Å². The summed E-state index contributed by atoms with van der Waals surface area (Å²) in [6, 6.07) is 13.9. The molecule has 0 atom stereocenters. The third kappa shape index (κ3) is 4.81. The molecule has 6 rings (SSSR count). The van der Waals surface area contributed by atoms with E-state index in [9.17, 15) is 13.6 Å². The Bertz CT molecular complexity index is 1510. The van der Waals surface area contributed by atoms with E-state index in [2.05, 4.69) is 19.8 Å². The first-order valence-electron chi connectivity index (χ1n) is 12.8. The van der Waals surface area contributed by atoms with E-state index in [1.54, 1.807) is 18.2 Å². The third-order valence-corrected chi connectivity index (χ3v) is 7.61. The zero-order valence-corrected chi connectivity index (χ0v) is 20.5. The molecule has 1 aliphatic heterocycles. The van der Waals surface area contributed by atoms with Crippen LogP contribution in [-0.2, 0) is 0 Å². The number of aromatic nitrogens is 2. The number of hydrogen-bond acceptors (Lipinski definition) is 5. The van der Waals surface area contributed by atoms with Crippen LogP contribution in [0.15, 0.2) is 59.5 Å². The topological polar surface area (TPSA) is 78.2 Å². The maximum Gasteiger partial charge on any atom is 0.258 e. The van der Waals surface area contributed by atoms with Crippen LogP contribution < -0.4 is 16.2 Å². The van der Waals surface area contributed by atoms with Gasteiger partial charge in [0.1, 0.15) is 11.6 Å². The third-order valence-electron chi connectivity index (χ3n) is 7.61. The normalized spacial score (nSPS) is 16.4. The molecule has 0 unspecified atom stereocenters. The Morgan fingerprint density at radius 1 is 0.946 bits per heavy atom. The first kappa shape index (κ1) is 23.6. The Hall–Kier alpha value is -3.78. The fraction of sp³-hybridized carbons (Fsp3) is 0.310. The van der Waals surface area contributed by atoms with Crippen LogP contribution in [0.4, 0.5) is 20.3 Å². The number of nitrogens with two attached hydrogens (primary N) is 1. The van der Waals surface area contributed by atoms with E-state index >= 15 is 0 Å². The lowest BCUT2D eigenvalue weighted by molar-refractivity contribution is 0.250. The molecule has 2 aromatic heterocycles. The Labute approximate surface area is 213 Å². The molecular formula is C29H29F2N5O. The molecule has 2 fully saturated rings. The lowest BCUT2D eigenvalue weighted by Crippen LogP contribution is -2.46. The zero-order chi connectivity index (χ0) is 25.5. The Kier molecular flexibility index (Phi) is 6.12. The highest BCUT2D eigenvalue weighted by Crippen LogP contribution is 2.35. The molecule has 8 heteroatoms. The van der Waals surface area contributed by atoms with Crippen molar-refractivity contribution in [3.63, 3.8) is 0 Å². The van der Waals surface area contributed by atoms with E-state index < -0.39 is 17.3 Å². The van der Waals surface area contributed by atoms with Crippen molar-refractivity contribution in [1.29, 1.82) is 0 Å². The molecule has 2 aromatic carbocycles. The summed E-state index contributed by atoms with van der Waals surface area (Å²) in [6.45, 7) is 5.26. The van der Waals surface area contributed by atoms with Crippen molar-refractivity contribution < 1.29 is 8.78 Å². The molecule has 37 heavy (non-hydrogen) atoms. The molecule has 1 saturated heterocycles. The second-order valence-corrected chi connectivity index (χ2v) is 10.1. The predicted octanol–water partition coefficient (Wildman–Crippen LogP) is 5.04.